The fourth-order valence-corrected chi connectivity index (χ4v) is 3.27. The Kier molecular flexibility index (Phi) is 5.13. The van der Waals surface area contributed by atoms with E-state index >= 15 is 0 Å². The number of sulfonamides is 1. The van der Waals surface area contributed by atoms with Gasteiger partial charge in [-0.05, 0) is 38.5 Å². The van der Waals surface area contributed by atoms with Crippen molar-refractivity contribution in [2.45, 2.75) is 31.7 Å². The van der Waals surface area contributed by atoms with E-state index in [0.29, 0.717) is 5.69 Å². The first kappa shape index (κ1) is 16.5. The lowest BCUT2D eigenvalue weighted by Gasteiger charge is -2.24. The summed E-state index contributed by atoms with van der Waals surface area (Å²) in [6.07, 6.45) is 0. The lowest BCUT2D eigenvalue weighted by atomic mass is 10.2. The van der Waals surface area contributed by atoms with E-state index in [-0.39, 0.29) is 17.5 Å². The number of ether oxygens (including phenoxy) is 1. The number of hydrogen-bond donors (Lipinski definition) is 1. The quantitative estimate of drug-likeness (QED) is 0.651. The summed E-state index contributed by atoms with van der Waals surface area (Å²) in [4.78, 5) is 11.4. The van der Waals surface area contributed by atoms with Gasteiger partial charge in [-0.15, -0.1) is 0 Å². The number of carbonyl (C=O) groups is 1. The molecule has 1 rings (SSSR count). The molecule has 0 spiro atoms. The van der Waals surface area contributed by atoms with Crippen LogP contribution in [0.4, 0.5) is 5.69 Å². The molecule has 0 aliphatic heterocycles. The molecule has 0 unspecified atom stereocenters. The molecule has 0 radical (unpaired) electrons. The molecule has 0 heterocycles. The van der Waals surface area contributed by atoms with Crippen LogP contribution in [-0.4, -0.2) is 38.4 Å². The predicted molar refractivity (Wildman–Crippen MR) is 76.6 cm³/mol. The van der Waals surface area contributed by atoms with E-state index in [0.717, 1.165) is 9.87 Å². The topological polar surface area (TPSA) is 89.7 Å². The van der Waals surface area contributed by atoms with E-state index in [2.05, 4.69) is 4.74 Å². The van der Waals surface area contributed by atoms with Gasteiger partial charge in [-0.25, -0.2) is 8.42 Å². The van der Waals surface area contributed by atoms with Crippen LogP contribution in [0.15, 0.2) is 23.1 Å². The molecule has 1 aromatic rings. The van der Waals surface area contributed by atoms with Crippen molar-refractivity contribution in [3.63, 3.8) is 0 Å². The van der Waals surface area contributed by atoms with Gasteiger partial charge in [0.1, 0.15) is 6.54 Å². The summed E-state index contributed by atoms with van der Waals surface area (Å²) in [6.45, 7) is 4.85. The largest absolute Gasteiger partial charge is 0.468 e. The van der Waals surface area contributed by atoms with E-state index < -0.39 is 16.0 Å². The van der Waals surface area contributed by atoms with Gasteiger partial charge in [0.15, 0.2) is 0 Å². The van der Waals surface area contributed by atoms with Crippen LogP contribution in [-0.2, 0) is 19.6 Å². The predicted octanol–water partition coefficient (Wildman–Crippen LogP) is 1.15. The van der Waals surface area contributed by atoms with Crippen LogP contribution in [0, 0.1) is 6.92 Å². The van der Waals surface area contributed by atoms with Crippen LogP contribution in [0.2, 0.25) is 0 Å². The third-order valence-corrected chi connectivity index (χ3v) is 4.96. The number of nitrogens with two attached hydrogens (primary N) is 1. The Hall–Kier alpha value is -1.60. The van der Waals surface area contributed by atoms with Crippen LogP contribution in [0.5, 0.6) is 0 Å². The second-order valence-electron chi connectivity index (χ2n) is 4.74. The summed E-state index contributed by atoms with van der Waals surface area (Å²) in [6, 6.07) is 4.14. The number of anilines is 1. The van der Waals surface area contributed by atoms with Crippen molar-refractivity contribution < 1.29 is 17.9 Å². The molecule has 0 aromatic heterocycles. The van der Waals surface area contributed by atoms with Gasteiger partial charge in [-0.3, -0.25) is 4.79 Å². The van der Waals surface area contributed by atoms with Gasteiger partial charge in [0.05, 0.1) is 12.0 Å². The van der Waals surface area contributed by atoms with Crippen molar-refractivity contribution in [3.8, 4) is 0 Å². The van der Waals surface area contributed by atoms with Gasteiger partial charge >= 0.3 is 5.97 Å². The van der Waals surface area contributed by atoms with Crippen molar-refractivity contribution in [3.05, 3.63) is 23.8 Å². The summed E-state index contributed by atoms with van der Waals surface area (Å²) >= 11 is 0. The van der Waals surface area contributed by atoms with Crippen LogP contribution >= 0.6 is 0 Å². The van der Waals surface area contributed by atoms with Crippen LogP contribution in [0.1, 0.15) is 19.4 Å². The molecule has 0 saturated heterocycles. The second-order valence-corrected chi connectivity index (χ2v) is 6.63. The highest BCUT2D eigenvalue weighted by Crippen LogP contribution is 2.22. The molecular weight excluding hydrogens is 280 g/mol. The average Bonchev–Trinajstić information content (AvgIpc) is 2.37. The summed E-state index contributed by atoms with van der Waals surface area (Å²) in [5, 5.41) is 0. The molecule has 7 heteroatoms. The highest BCUT2D eigenvalue weighted by Gasteiger charge is 2.29. The number of esters is 1. The Bertz CT molecular complexity index is 596. The van der Waals surface area contributed by atoms with Gasteiger partial charge in [-0.1, -0.05) is 6.07 Å². The molecule has 0 bridgehead atoms. The monoisotopic (exact) mass is 300 g/mol. The van der Waals surface area contributed by atoms with Crippen molar-refractivity contribution in [2.24, 2.45) is 0 Å². The Morgan fingerprint density at radius 1 is 1.40 bits per heavy atom. The Morgan fingerprint density at radius 2 is 2.00 bits per heavy atom. The maximum Gasteiger partial charge on any atom is 0.321 e. The van der Waals surface area contributed by atoms with Gasteiger partial charge in [0, 0.05) is 11.7 Å². The Morgan fingerprint density at radius 3 is 2.45 bits per heavy atom. The first-order chi connectivity index (χ1) is 9.20. The fraction of sp³-hybridized carbons (Fsp3) is 0.462. The molecule has 0 aliphatic rings. The molecule has 0 fully saturated rings. The molecule has 1 aromatic carbocycles. The standard InChI is InChI=1S/C13H20N2O4S/c1-9(2)15(8-13(16)19-4)20(17,18)11-6-5-10(3)12(14)7-11/h5-7,9H,8,14H2,1-4H3. The molecule has 0 atom stereocenters. The number of rotatable bonds is 5. The molecule has 0 aliphatic carbocycles. The summed E-state index contributed by atoms with van der Waals surface area (Å²) in [5.41, 5.74) is 6.94. The third kappa shape index (κ3) is 3.49. The minimum absolute atomic E-state index is 0.0678. The van der Waals surface area contributed by atoms with Crippen LogP contribution < -0.4 is 5.73 Å². The first-order valence-corrected chi connectivity index (χ1v) is 7.59. The highest BCUT2D eigenvalue weighted by molar-refractivity contribution is 7.89. The second kappa shape index (κ2) is 6.23. The first-order valence-electron chi connectivity index (χ1n) is 6.15. The van der Waals surface area contributed by atoms with Crippen LogP contribution in [0.25, 0.3) is 0 Å². The maximum atomic E-state index is 12.6. The van der Waals surface area contributed by atoms with Crippen molar-refractivity contribution >= 4 is 21.7 Å². The number of carbonyl (C=O) groups excluding carboxylic acids is 1. The number of methoxy groups -OCH3 is 1. The Labute approximate surface area is 119 Å². The SMILES string of the molecule is COC(=O)CN(C(C)C)S(=O)(=O)c1ccc(C)c(N)c1. The number of nitrogens with zero attached hydrogens (tertiary/aromatic N) is 1. The molecule has 112 valence electrons. The van der Waals surface area contributed by atoms with E-state index in [1.165, 1.54) is 19.2 Å². The van der Waals surface area contributed by atoms with Gasteiger partial charge in [0.2, 0.25) is 10.0 Å². The minimum Gasteiger partial charge on any atom is -0.468 e. The zero-order chi connectivity index (χ0) is 15.5. The van der Waals surface area contributed by atoms with Gasteiger partial charge in [-0.2, -0.15) is 4.31 Å². The van der Waals surface area contributed by atoms with Crippen LogP contribution in [0.3, 0.4) is 0 Å². The smallest absolute Gasteiger partial charge is 0.321 e. The normalized spacial score (nSPS) is 11.9. The summed E-state index contributed by atoms with van der Waals surface area (Å²) in [5.74, 6) is -0.609. The highest BCUT2D eigenvalue weighted by atomic mass is 32.2. The maximum absolute atomic E-state index is 12.6. The molecule has 0 saturated carbocycles. The van der Waals surface area contributed by atoms with E-state index in [4.69, 9.17) is 5.73 Å². The number of nitrogen functional groups attached to an aromatic ring is 1. The zero-order valence-corrected chi connectivity index (χ0v) is 12.9. The molecule has 0 amide bonds. The van der Waals surface area contributed by atoms with Crippen molar-refractivity contribution in [1.82, 2.24) is 4.31 Å². The molecule has 6 nitrogen and oxygen atoms in total. The van der Waals surface area contributed by atoms with Crippen molar-refractivity contribution in [2.75, 3.05) is 19.4 Å². The number of hydrogen-bond acceptors (Lipinski definition) is 5. The lowest BCUT2D eigenvalue weighted by molar-refractivity contribution is -0.141. The Balaban J connectivity index is 3.22. The van der Waals surface area contributed by atoms with Gasteiger partial charge < -0.3 is 10.5 Å². The minimum atomic E-state index is -3.79. The number of aryl methyl sites for hydroxylation is 1. The average molecular weight is 300 g/mol. The zero-order valence-electron chi connectivity index (χ0n) is 12.1. The number of benzene rings is 1. The van der Waals surface area contributed by atoms with Gasteiger partial charge in [0.25, 0.3) is 0 Å². The van der Waals surface area contributed by atoms with Crippen molar-refractivity contribution in [1.29, 1.82) is 0 Å². The molecular formula is C13H20N2O4S. The molecule has 20 heavy (non-hydrogen) atoms. The summed E-state index contributed by atoms with van der Waals surface area (Å²) in [7, 11) is -2.57. The third-order valence-electron chi connectivity index (χ3n) is 2.95. The van der Waals surface area contributed by atoms with E-state index in [9.17, 15) is 13.2 Å². The summed E-state index contributed by atoms with van der Waals surface area (Å²) < 4.78 is 30.7. The lowest BCUT2D eigenvalue weighted by Crippen LogP contribution is -2.41. The fourth-order valence-electron chi connectivity index (χ4n) is 1.65. The molecule has 2 N–H and O–H groups in total. The van der Waals surface area contributed by atoms with E-state index in [1.54, 1.807) is 26.8 Å². The van der Waals surface area contributed by atoms with E-state index in [1.807, 2.05) is 0 Å².